The van der Waals surface area contributed by atoms with Crippen molar-refractivity contribution in [3.63, 3.8) is 0 Å². The van der Waals surface area contributed by atoms with E-state index in [1.54, 1.807) is 0 Å². The van der Waals surface area contributed by atoms with Crippen LogP contribution < -0.4 is 5.32 Å². The Morgan fingerprint density at radius 2 is 2.00 bits per heavy atom. The van der Waals surface area contributed by atoms with Crippen LogP contribution >= 0.6 is 11.8 Å². The number of thioether (sulfide) groups is 1. The Balaban J connectivity index is 2.57. The minimum Gasteiger partial charge on any atom is -0.308 e. The quantitative estimate of drug-likeness (QED) is 0.781. The lowest BCUT2D eigenvalue weighted by atomic mass is 10.1. The van der Waals surface area contributed by atoms with Gasteiger partial charge in [0, 0.05) is 17.0 Å². The SMILES string of the molecule is CCSc1cccc(CNC(C)(C)C)c1. The molecule has 0 heterocycles. The molecule has 2 heteroatoms. The summed E-state index contributed by atoms with van der Waals surface area (Å²) in [6.07, 6.45) is 0. The summed E-state index contributed by atoms with van der Waals surface area (Å²) in [6, 6.07) is 8.76. The van der Waals surface area contributed by atoms with E-state index in [9.17, 15) is 0 Å². The van der Waals surface area contributed by atoms with Crippen molar-refractivity contribution in [1.82, 2.24) is 5.32 Å². The molecule has 0 aliphatic rings. The van der Waals surface area contributed by atoms with E-state index in [0.29, 0.717) is 0 Å². The highest BCUT2D eigenvalue weighted by atomic mass is 32.2. The van der Waals surface area contributed by atoms with Crippen LogP contribution in [0, 0.1) is 0 Å². The molecular formula is C13H21NS. The second-order valence-corrected chi connectivity index (χ2v) is 6.02. The van der Waals surface area contributed by atoms with E-state index in [4.69, 9.17) is 0 Å². The fourth-order valence-corrected chi connectivity index (χ4v) is 2.02. The average Bonchev–Trinajstić information content (AvgIpc) is 2.15. The Labute approximate surface area is 97.7 Å². The van der Waals surface area contributed by atoms with Gasteiger partial charge in [0.2, 0.25) is 0 Å². The van der Waals surface area contributed by atoms with Crippen molar-refractivity contribution in [3.8, 4) is 0 Å². The minimum absolute atomic E-state index is 0.188. The fraction of sp³-hybridized carbons (Fsp3) is 0.538. The van der Waals surface area contributed by atoms with E-state index in [2.05, 4.69) is 57.3 Å². The first kappa shape index (κ1) is 12.6. The summed E-state index contributed by atoms with van der Waals surface area (Å²) >= 11 is 1.90. The van der Waals surface area contributed by atoms with Crippen LogP contribution in [0.3, 0.4) is 0 Å². The maximum Gasteiger partial charge on any atom is 0.0210 e. The zero-order valence-corrected chi connectivity index (χ0v) is 10.9. The normalized spacial score (nSPS) is 11.7. The molecule has 1 N–H and O–H groups in total. The first-order valence-electron chi connectivity index (χ1n) is 5.48. The van der Waals surface area contributed by atoms with Gasteiger partial charge in [-0.05, 0) is 44.2 Å². The lowest BCUT2D eigenvalue weighted by Crippen LogP contribution is -2.35. The van der Waals surface area contributed by atoms with Gasteiger partial charge < -0.3 is 5.32 Å². The molecule has 0 aromatic heterocycles. The number of benzene rings is 1. The van der Waals surface area contributed by atoms with Gasteiger partial charge >= 0.3 is 0 Å². The second-order valence-electron chi connectivity index (χ2n) is 4.68. The van der Waals surface area contributed by atoms with Crippen LogP contribution in [0.5, 0.6) is 0 Å². The lowest BCUT2D eigenvalue weighted by Gasteiger charge is -2.20. The van der Waals surface area contributed by atoms with Crippen molar-refractivity contribution < 1.29 is 0 Å². The molecule has 0 bridgehead atoms. The van der Waals surface area contributed by atoms with Crippen molar-refractivity contribution >= 4 is 11.8 Å². The Morgan fingerprint density at radius 3 is 2.60 bits per heavy atom. The molecule has 0 atom stereocenters. The number of hydrogen-bond donors (Lipinski definition) is 1. The van der Waals surface area contributed by atoms with Crippen LogP contribution in [-0.2, 0) is 6.54 Å². The van der Waals surface area contributed by atoms with Crippen molar-refractivity contribution in [2.24, 2.45) is 0 Å². The van der Waals surface area contributed by atoms with Crippen LogP contribution in [0.4, 0.5) is 0 Å². The third-order valence-electron chi connectivity index (χ3n) is 2.03. The maximum atomic E-state index is 3.50. The van der Waals surface area contributed by atoms with Gasteiger partial charge in [-0.3, -0.25) is 0 Å². The molecule has 0 fully saturated rings. The van der Waals surface area contributed by atoms with Crippen LogP contribution in [-0.4, -0.2) is 11.3 Å². The predicted octanol–water partition coefficient (Wildman–Crippen LogP) is 3.69. The predicted molar refractivity (Wildman–Crippen MR) is 69.4 cm³/mol. The molecule has 0 saturated carbocycles. The second kappa shape index (κ2) is 5.57. The average molecular weight is 223 g/mol. The molecule has 0 saturated heterocycles. The molecular weight excluding hydrogens is 202 g/mol. The largest absolute Gasteiger partial charge is 0.308 e. The van der Waals surface area contributed by atoms with E-state index in [-0.39, 0.29) is 5.54 Å². The highest BCUT2D eigenvalue weighted by Crippen LogP contribution is 2.18. The lowest BCUT2D eigenvalue weighted by molar-refractivity contribution is 0.424. The highest BCUT2D eigenvalue weighted by molar-refractivity contribution is 7.99. The molecule has 0 amide bonds. The summed E-state index contributed by atoms with van der Waals surface area (Å²) in [4.78, 5) is 1.37. The van der Waals surface area contributed by atoms with Crippen molar-refractivity contribution in [1.29, 1.82) is 0 Å². The highest BCUT2D eigenvalue weighted by Gasteiger charge is 2.08. The van der Waals surface area contributed by atoms with Gasteiger partial charge in [-0.2, -0.15) is 0 Å². The summed E-state index contributed by atoms with van der Waals surface area (Å²) in [5, 5.41) is 3.50. The fourth-order valence-electron chi connectivity index (χ4n) is 1.28. The van der Waals surface area contributed by atoms with Crippen LogP contribution in [0.1, 0.15) is 33.3 Å². The van der Waals surface area contributed by atoms with Crippen molar-refractivity contribution in [2.75, 3.05) is 5.75 Å². The summed E-state index contributed by atoms with van der Waals surface area (Å²) in [5.41, 5.74) is 1.55. The first-order chi connectivity index (χ1) is 7.01. The molecule has 0 unspecified atom stereocenters. The molecule has 84 valence electrons. The van der Waals surface area contributed by atoms with E-state index in [1.807, 2.05) is 11.8 Å². The molecule has 1 aromatic carbocycles. The third kappa shape index (κ3) is 5.24. The van der Waals surface area contributed by atoms with E-state index in [1.165, 1.54) is 10.5 Å². The standard InChI is InChI=1S/C13H21NS/c1-5-15-12-8-6-7-11(9-12)10-14-13(2,3)4/h6-9,14H,5,10H2,1-4H3. The van der Waals surface area contributed by atoms with Crippen LogP contribution in [0.25, 0.3) is 0 Å². The van der Waals surface area contributed by atoms with Gasteiger partial charge in [-0.25, -0.2) is 0 Å². The van der Waals surface area contributed by atoms with Crippen molar-refractivity contribution in [3.05, 3.63) is 29.8 Å². The Morgan fingerprint density at radius 1 is 1.27 bits per heavy atom. The summed E-state index contributed by atoms with van der Waals surface area (Å²) in [5.74, 6) is 1.14. The molecule has 1 nitrogen and oxygen atoms in total. The summed E-state index contributed by atoms with van der Waals surface area (Å²) in [7, 11) is 0. The smallest absolute Gasteiger partial charge is 0.0210 e. The molecule has 1 rings (SSSR count). The summed E-state index contributed by atoms with van der Waals surface area (Å²) in [6.45, 7) is 9.71. The van der Waals surface area contributed by atoms with Crippen LogP contribution in [0.2, 0.25) is 0 Å². The Bertz CT molecular complexity index is 302. The minimum atomic E-state index is 0.188. The monoisotopic (exact) mass is 223 g/mol. The van der Waals surface area contributed by atoms with E-state index in [0.717, 1.165) is 12.3 Å². The number of rotatable bonds is 4. The molecule has 0 aliphatic heterocycles. The molecule has 0 radical (unpaired) electrons. The Kier molecular flexibility index (Phi) is 4.68. The van der Waals surface area contributed by atoms with E-state index >= 15 is 0 Å². The maximum absolute atomic E-state index is 3.50. The van der Waals surface area contributed by atoms with Gasteiger partial charge in [-0.15, -0.1) is 11.8 Å². The Hall–Kier alpha value is -0.470. The van der Waals surface area contributed by atoms with Crippen molar-refractivity contribution in [2.45, 2.75) is 44.7 Å². The topological polar surface area (TPSA) is 12.0 Å². The van der Waals surface area contributed by atoms with Gasteiger partial charge in [0.1, 0.15) is 0 Å². The molecule has 0 aliphatic carbocycles. The van der Waals surface area contributed by atoms with Crippen LogP contribution in [0.15, 0.2) is 29.2 Å². The molecule has 15 heavy (non-hydrogen) atoms. The first-order valence-corrected chi connectivity index (χ1v) is 6.46. The van der Waals surface area contributed by atoms with Gasteiger partial charge in [0.25, 0.3) is 0 Å². The van der Waals surface area contributed by atoms with Gasteiger partial charge in [0.15, 0.2) is 0 Å². The zero-order chi connectivity index (χ0) is 11.3. The zero-order valence-electron chi connectivity index (χ0n) is 10.1. The molecule has 1 aromatic rings. The number of nitrogens with one attached hydrogen (secondary N) is 1. The number of hydrogen-bond acceptors (Lipinski definition) is 2. The van der Waals surface area contributed by atoms with Gasteiger partial charge in [0.05, 0.1) is 0 Å². The van der Waals surface area contributed by atoms with Gasteiger partial charge in [-0.1, -0.05) is 19.1 Å². The molecule has 0 spiro atoms. The third-order valence-corrected chi connectivity index (χ3v) is 2.91. The summed E-state index contributed by atoms with van der Waals surface area (Å²) < 4.78 is 0. The van der Waals surface area contributed by atoms with E-state index < -0.39 is 0 Å².